The molecule has 2 aliphatic rings. The van der Waals surface area contributed by atoms with Crippen LogP contribution in [0.1, 0.15) is 32.1 Å². The number of amides is 4. The number of hydrogen-bond acceptors (Lipinski definition) is 4. The Morgan fingerprint density at radius 3 is 2.38 bits per heavy atom. The van der Waals surface area contributed by atoms with Crippen LogP contribution in [0.2, 0.25) is 0 Å². The van der Waals surface area contributed by atoms with Gasteiger partial charge in [-0.2, -0.15) is 0 Å². The maximum atomic E-state index is 12.7. The van der Waals surface area contributed by atoms with E-state index in [1.54, 1.807) is 24.3 Å². The zero-order valence-corrected chi connectivity index (χ0v) is 14.9. The molecule has 3 rings (SSSR count). The molecule has 4 amide bonds. The standard InChI is InChI=1S/C19H26N4O3/c24-17(21-19(26)20-15-8-2-1-3-9-15)14-23-13-5-4-10-16(23)18(25)22-11-6-7-12-22/h1-3,8-9,16H,4-7,10-14H2,(H2,20,21,24,26). The Morgan fingerprint density at radius 1 is 0.962 bits per heavy atom. The summed E-state index contributed by atoms with van der Waals surface area (Å²) in [6.07, 6.45) is 4.85. The molecule has 1 aromatic carbocycles. The summed E-state index contributed by atoms with van der Waals surface area (Å²) in [5.74, 6) is -0.261. The van der Waals surface area contributed by atoms with Gasteiger partial charge in [0.25, 0.3) is 0 Å². The van der Waals surface area contributed by atoms with Crippen LogP contribution in [-0.2, 0) is 9.59 Å². The maximum Gasteiger partial charge on any atom is 0.325 e. The number of anilines is 1. The first-order valence-electron chi connectivity index (χ1n) is 9.32. The predicted molar refractivity (Wildman–Crippen MR) is 98.6 cm³/mol. The number of para-hydroxylation sites is 1. The van der Waals surface area contributed by atoms with Crippen molar-refractivity contribution in [2.75, 3.05) is 31.5 Å². The Labute approximate surface area is 153 Å². The number of nitrogens with zero attached hydrogens (tertiary/aromatic N) is 2. The van der Waals surface area contributed by atoms with E-state index in [9.17, 15) is 14.4 Å². The van der Waals surface area contributed by atoms with Gasteiger partial charge in [-0.25, -0.2) is 4.79 Å². The molecule has 1 unspecified atom stereocenters. The van der Waals surface area contributed by atoms with E-state index in [2.05, 4.69) is 10.6 Å². The van der Waals surface area contributed by atoms with Crippen LogP contribution in [0.15, 0.2) is 30.3 Å². The number of piperidine rings is 1. The van der Waals surface area contributed by atoms with E-state index in [1.165, 1.54) is 0 Å². The van der Waals surface area contributed by atoms with Crippen LogP contribution >= 0.6 is 0 Å². The highest BCUT2D eigenvalue weighted by Gasteiger charge is 2.33. The highest BCUT2D eigenvalue weighted by Crippen LogP contribution is 2.21. The molecular weight excluding hydrogens is 332 g/mol. The first-order valence-corrected chi connectivity index (χ1v) is 9.32. The lowest BCUT2D eigenvalue weighted by Crippen LogP contribution is -2.53. The average molecular weight is 358 g/mol. The minimum absolute atomic E-state index is 0.0620. The fraction of sp³-hybridized carbons (Fsp3) is 0.526. The molecule has 2 fully saturated rings. The summed E-state index contributed by atoms with van der Waals surface area (Å²) in [4.78, 5) is 40.8. The van der Waals surface area contributed by atoms with E-state index in [-0.39, 0.29) is 24.4 Å². The third-order valence-corrected chi connectivity index (χ3v) is 4.95. The van der Waals surface area contributed by atoms with E-state index in [0.717, 1.165) is 45.2 Å². The zero-order chi connectivity index (χ0) is 18.4. The van der Waals surface area contributed by atoms with Gasteiger partial charge in [-0.1, -0.05) is 24.6 Å². The van der Waals surface area contributed by atoms with Crippen molar-refractivity contribution in [3.8, 4) is 0 Å². The first-order chi connectivity index (χ1) is 12.6. The number of nitrogens with one attached hydrogen (secondary N) is 2. The van der Waals surface area contributed by atoms with Crippen LogP contribution < -0.4 is 10.6 Å². The molecule has 2 aliphatic heterocycles. The normalized spacial score (nSPS) is 20.6. The Balaban J connectivity index is 1.52. The van der Waals surface area contributed by atoms with Crippen molar-refractivity contribution in [1.82, 2.24) is 15.1 Å². The predicted octanol–water partition coefficient (Wildman–Crippen LogP) is 1.81. The van der Waals surface area contributed by atoms with Crippen molar-refractivity contribution in [2.45, 2.75) is 38.1 Å². The Hall–Kier alpha value is -2.41. The molecule has 7 nitrogen and oxygen atoms in total. The molecule has 2 saturated heterocycles. The molecule has 1 atom stereocenters. The van der Waals surface area contributed by atoms with Gasteiger partial charge in [-0.3, -0.25) is 19.8 Å². The lowest BCUT2D eigenvalue weighted by molar-refractivity contribution is -0.138. The number of urea groups is 1. The number of carbonyl (C=O) groups is 3. The van der Waals surface area contributed by atoms with Gasteiger partial charge in [-0.15, -0.1) is 0 Å². The van der Waals surface area contributed by atoms with E-state index >= 15 is 0 Å². The summed E-state index contributed by atoms with van der Waals surface area (Å²) >= 11 is 0. The molecule has 0 spiro atoms. The van der Waals surface area contributed by atoms with Crippen molar-refractivity contribution in [3.63, 3.8) is 0 Å². The lowest BCUT2D eigenvalue weighted by Gasteiger charge is -2.36. The lowest BCUT2D eigenvalue weighted by atomic mass is 10.0. The Morgan fingerprint density at radius 2 is 1.65 bits per heavy atom. The van der Waals surface area contributed by atoms with Crippen molar-refractivity contribution in [3.05, 3.63) is 30.3 Å². The molecule has 0 aliphatic carbocycles. The highest BCUT2D eigenvalue weighted by atomic mass is 16.2. The van der Waals surface area contributed by atoms with Crippen LogP contribution in [0.25, 0.3) is 0 Å². The maximum absolute atomic E-state index is 12.7. The number of likely N-dealkylation sites (tertiary alicyclic amines) is 2. The van der Waals surface area contributed by atoms with Gasteiger partial charge in [0, 0.05) is 18.8 Å². The largest absolute Gasteiger partial charge is 0.341 e. The minimum Gasteiger partial charge on any atom is -0.341 e. The third kappa shape index (κ3) is 4.82. The number of imide groups is 1. The second-order valence-corrected chi connectivity index (χ2v) is 6.88. The zero-order valence-electron chi connectivity index (χ0n) is 14.9. The molecule has 26 heavy (non-hydrogen) atoms. The summed E-state index contributed by atoms with van der Waals surface area (Å²) in [5.41, 5.74) is 0.623. The second kappa shape index (κ2) is 8.80. The fourth-order valence-electron chi connectivity index (χ4n) is 3.64. The van der Waals surface area contributed by atoms with Crippen LogP contribution in [0.4, 0.5) is 10.5 Å². The Kier molecular flexibility index (Phi) is 6.22. The number of carbonyl (C=O) groups excluding carboxylic acids is 3. The molecule has 1 aromatic rings. The molecule has 0 aromatic heterocycles. The van der Waals surface area contributed by atoms with Gasteiger partial charge in [0.15, 0.2) is 0 Å². The van der Waals surface area contributed by atoms with Gasteiger partial charge >= 0.3 is 6.03 Å². The molecule has 2 N–H and O–H groups in total. The Bertz CT molecular complexity index is 643. The van der Waals surface area contributed by atoms with E-state index in [0.29, 0.717) is 12.2 Å². The summed E-state index contributed by atoms with van der Waals surface area (Å²) < 4.78 is 0. The monoisotopic (exact) mass is 358 g/mol. The fourth-order valence-corrected chi connectivity index (χ4v) is 3.64. The third-order valence-electron chi connectivity index (χ3n) is 4.95. The summed E-state index contributed by atoms with van der Waals surface area (Å²) in [6, 6.07) is 8.16. The highest BCUT2D eigenvalue weighted by molar-refractivity contribution is 6.01. The van der Waals surface area contributed by atoms with Gasteiger partial charge in [0.2, 0.25) is 11.8 Å². The van der Waals surface area contributed by atoms with Crippen molar-refractivity contribution in [2.24, 2.45) is 0 Å². The molecule has 0 saturated carbocycles. The number of benzene rings is 1. The van der Waals surface area contributed by atoms with Gasteiger partial charge in [0.1, 0.15) is 0 Å². The van der Waals surface area contributed by atoms with Gasteiger partial charge in [0.05, 0.1) is 12.6 Å². The van der Waals surface area contributed by atoms with Crippen LogP contribution in [-0.4, -0.2) is 59.9 Å². The van der Waals surface area contributed by atoms with Crippen molar-refractivity contribution >= 4 is 23.5 Å². The SMILES string of the molecule is O=C(CN1CCCCC1C(=O)N1CCCC1)NC(=O)Nc1ccccc1. The topological polar surface area (TPSA) is 81.8 Å². The van der Waals surface area contributed by atoms with Crippen LogP contribution in [0.5, 0.6) is 0 Å². The van der Waals surface area contributed by atoms with Crippen molar-refractivity contribution < 1.29 is 14.4 Å². The first kappa shape index (κ1) is 18.4. The van der Waals surface area contributed by atoms with E-state index < -0.39 is 6.03 Å². The quantitative estimate of drug-likeness (QED) is 0.860. The molecule has 140 valence electrons. The number of rotatable bonds is 4. The van der Waals surface area contributed by atoms with Gasteiger partial charge in [-0.05, 0) is 44.4 Å². The smallest absolute Gasteiger partial charge is 0.325 e. The second-order valence-electron chi connectivity index (χ2n) is 6.88. The minimum atomic E-state index is -0.555. The molecule has 0 radical (unpaired) electrons. The average Bonchev–Trinajstić information content (AvgIpc) is 3.17. The van der Waals surface area contributed by atoms with E-state index in [4.69, 9.17) is 0 Å². The summed E-state index contributed by atoms with van der Waals surface area (Å²) in [6.45, 7) is 2.40. The summed E-state index contributed by atoms with van der Waals surface area (Å²) in [7, 11) is 0. The van der Waals surface area contributed by atoms with Gasteiger partial charge < -0.3 is 10.2 Å². The van der Waals surface area contributed by atoms with E-state index in [1.807, 2.05) is 15.9 Å². The van der Waals surface area contributed by atoms with Crippen LogP contribution in [0, 0.1) is 0 Å². The molecule has 0 bridgehead atoms. The van der Waals surface area contributed by atoms with Crippen molar-refractivity contribution in [1.29, 1.82) is 0 Å². The van der Waals surface area contributed by atoms with Crippen LogP contribution in [0.3, 0.4) is 0 Å². The molecular formula is C19H26N4O3. The number of hydrogen-bond donors (Lipinski definition) is 2. The summed E-state index contributed by atoms with van der Waals surface area (Å²) in [5, 5.41) is 4.97. The molecule has 7 heteroatoms. The molecule has 2 heterocycles.